The summed E-state index contributed by atoms with van der Waals surface area (Å²) in [7, 11) is 1.63. The number of rotatable bonds is 9. The molecule has 0 bridgehead atoms. The van der Waals surface area contributed by atoms with Gasteiger partial charge in [0, 0.05) is 6.54 Å². The van der Waals surface area contributed by atoms with Gasteiger partial charge in [-0.25, -0.2) is 0 Å². The summed E-state index contributed by atoms with van der Waals surface area (Å²) in [5.74, 6) is 1.76. The third-order valence-corrected chi connectivity index (χ3v) is 6.80. The highest BCUT2D eigenvalue weighted by molar-refractivity contribution is 5.99. The molecule has 4 aromatic rings. The maximum absolute atomic E-state index is 13.9. The molecular weight excluding hydrogens is 482 g/mol. The van der Waals surface area contributed by atoms with Gasteiger partial charge in [-0.3, -0.25) is 9.59 Å². The number of nitrogens with zero attached hydrogens (tertiary/aromatic N) is 1. The number of fused-ring (bicyclic) bond motifs is 2. The Kier molecular flexibility index (Phi) is 7.09. The Morgan fingerprint density at radius 2 is 1.63 bits per heavy atom. The molecule has 5 rings (SSSR count). The van der Waals surface area contributed by atoms with Gasteiger partial charge in [-0.15, -0.1) is 0 Å². The molecule has 1 atom stereocenters. The van der Waals surface area contributed by atoms with E-state index in [1.165, 1.54) is 0 Å². The number of benzene rings is 3. The summed E-state index contributed by atoms with van der Waals surface area (Å²) in [5, 5.41) is 0.467. The second kappa shape index (κ2) is 10.6. The first-order chi connectivity index (χ1) is 18.4. The quantitative estimate of drug-likeness (QED) is 0.286. The lowest BCUT2D eigenvalue weighted by atomic mass is 9.97. The molecule has 1 unspecified atom stereocenters. The summed E-state index contributed by atoms with van der Waals surface area (Å²) >= 11 is 0. The molecule has 1 aliphatic rings. The molecule has 7 nitrogen and oxygen atoms in total. The Labute approximate surface area is 221 Å². The Balaban J connectivity index is 1.62. The number of aryl methyl sites for hydroxylation is 1. The molecule has 3 aromatic carbocycles. The van der Waals surface area contributed by atoms with Gasteiger partial charge in [-0.2, -0.15) is 0 Å². The Hall–Kier alpha value is -4.26. The van der Waals surface area contributed by atoms with Crippen LogP contribution >= 0.6 is 0 Å². The lowest BCUT2D eigenvalue weighted by molar-refractivity contribution is 0.0729. The van der Waals surface area contributed by atoms with Crippen LogP contribution in [0.1, 0.15) is 52.7 Å². The van der Waals surface area contributed by atoms with Crippen LogP contribution in [0.2, 0.25) is 0 Å². The predicted octanol–water partition coefficient (Wildman–Crippen LogP) is 5.70. The molecule has 0 fully saturated rings. The Morgan fingerprint density at radius 3 is 2.34 bits per heavy atom. The zero-order valence-corrected chi connectivity index (χ0v) is 22.1. The fraction of sp³-hybridized carbons (Fsp3) is 0.290. The maximum atomic E-state index is 13.9. The van der Waals surface area contributed by atoms with Gasteiger partial charge < -0.3 is 23.5 Å². The topological polar surface area (TPSA) is 78.2 Å². The zero-order valence-electron chi connectivity index (χ0n) is 22.1. The van der Waals surface area contributed by atoms with Crippen molar-refractivity contribution >= 4 is 16.9 Å². The highest BCUT2D eigenvalue weighted by atomic mass is 16.5. The van der Waals surface area contributed by atoms with Gasteiger partial charge in [0.25, 0.3) is 5.91 Å². The molecule has 0 radical (unpaired) electrons. The minimum Gasteiger partial charge on any atom is -0.497 e. The van der Waals surface area contributed by atoms with E-state index in [-0.39, 0.29) is 17.1 Å². The van der Waals surface area contributed by atoms with Crippen molar-refractivity contribution in [1.29, 1.82) is 0 Å². The standard InChI is InChI=1S/C31H31NO6/c1-5-36-25-14-10-21(18-26(25)37-6-2)28-27-29(33)23-17-19(3)7-13-24(23)38-30(27)31(34)32(28)16-15-20-8-11-22(35-4)12-9-20/h7-14,17-18,28H,5-6,15-16H2,1-4H3. The minimum atomic E-state index is -0.619. The van der Waals surface area contributed by atoms with Crippen LogP contribution in [0.3, 0.4) is 0 Å². The van der Waals surface area contributed by atoms with E-state index >= 15 is 0 Å². The molecule has 1 amide bonds. The summed E-state index contributed by atoms with van der Waals surface area (Å²) in [6.45, 7) is 7.09. The average molecular weight is 514 g/mol. The molecule has 196 valence electrons. The number of hydrogen-bond acceptors (Lipinski definition) is 6. The van der Waals surface area contributed by atoms with Gasteiger partial charge in [0.1, 0.15) is 11.3 Å². The van der Waals surface area contributed by atoms with Crippen molar-refractivity contribution in [2.75, 3.05) is 26.9 Å². The fourth-order valence-electron chi connectivity index (χ4n) is 4.99. The minimum absolute atomic E-state index is 0.0953. The molecule has 0 aliphatic carbocycles. The number of methoxy groups -OCH3 is 1. The Bertz CT molecular complexity index is 1540. The predicted molar refractivity (Wildman–Crippen MR) is 146 cm³/mol. The van der Waals surface area contributed by atoms with E-state index in [1.807, 2.05) is 75.4 Å². The first-order valence-electron chi connectivity index (χ1n) is 12.9. The molecule has 0 spiro atoms. The summed E-state index contributed by atoms with van der Waals surface area (Å²) in [4.78, 5) is 29.3. The average Bonchev–Trinajstić information content (AvgIpc) is 3.21. The summed E-state index contributed by atoms with van der Waals surface area (Å²) < 4.78 is 23.0. The van der Waals surface area contributed by atoms with Crippen LogP contribution in [-0.2, 0) is 6.42 Å². The normalized spacial score (nSPS) is 14.6. The van der Waals surface area contributed by atoms with E-state index in [1.54, 1.807) is 18.1 Å². The van der Waals surface area contributed by atoms with E-state index in [0.717, 1.165) is 22.4 Å². The Morgan fingerprint density at radius 1 is 0.895 bits per heavy atom. The van der Waals surface area contributed by atoms with Gasteiger partial charge >= 0.3 is 0 Å². The lowest BCUT2D eigenvalue weighted by Gasteiger charge is -2.26. The van der Waals surface area contributed by atoms with Crippen molar-refractivity contribution in [2.45, 2.75) is 33.2 Å². The second-order valence-electron chi connectivity index (χ2n) is 9.24. The van der Waals surface area contributed by atoms with Crippen LogP contribution in [0.5, 0.6) is 17.2 Å². The molecule has 1 aliphatic heterocycles. The van der Waals surface area contributed by atoms with E-state index in [2.05, 4.69) is 0 Å². The summed E-state index contributed by atoms with van der Waals surface area (Å²) in [6, 6.07) is 18.2. The molecule has 0 saturated heterocycles. The number of ether oxygens (including phenoxy) is 3. The van der Waals surface area contributed by atoms with Crippen LogP contribution in [0.15, 0.2) is 69.9 Å². The molecule has 0 saturated carbocycles. The van der Waals surface area contributed by atoms with Crippen molar-refractivity contribution in [3.8, 4) is 17.2 Å². The number of carbonyl (C=O) groups excluding carboxylic acids is 1. The van der Waals surface area contributed by atoms with Crippen LogP contribution < -0.4 is 19.6 Å². The highest BCUT2D eigenvalue weighted by Gasteiger charge is 2.42. The number of carbonyl (C=O) groups is 1. The van der Waals surface area contributed by atoms with Gasteiger partial charge in [-0.1, -0.05) is 29.8 Å². The summed E-state index contributed by atoms with van der Waals surface area (Å²) in [6.07, 6.45) is 0.600. The van der Waals surface area contributed by atoms with Crippen molar-refractivity contribution in [2.24, 2.45) is 0 Å². The number of amides is 1. The molecule has 38 heavy (non-hydrogen) atoms. The lowest BCUT2D eigenvalue weighted by Crippen LogP contribution is -2.31. The van der Waals surface area contributed by atoms with E-state index in [0.29, 0.717) is 54.2 Å². The maximum Gasteiger partial charge on any atom is 0.290 e. The van der Waals surface area contributed by atoms with E-state index in [4.69, 9.17) is 18.6 Å². The van der Waals surface area contributed by atoms with Crippen LogP contribution in [0.25, 0.3) is 11.0 Å². The first-order valence-corrected chi connectivity index (χ1v) is 12.9. The summed E-state index contributed by atoms with van der Waals surface area (Å²) in [5.41, 5.74) is 3.33. The van der Waals surface area contributed by atoms with E-state index < -0.39 is 6.04 Å². The third-order valence-electron chi connectivity index (χ3n) is 6.80. The highest BCUT2D eigenvalue weighted by Crippen LogP contribution is 2.41. The monoisotopic (exact) mass is 513 g/mol. The van der Waals surface area contributed by atoms with Gasteiger partial charge in [-0.05, 0) is 74.7 Å². The molecule has 0 N–H and O–H groups in total. The van der Waals surface area contributed by atoms with Crippen molar-refractivity contribution < 1.29 is 23.4 Å². The molecule has 1 aromatic heterocycles. The van der Waals surface area contributed by atoms with Crippen molar-refractivity contribution in [3.63, 3.8) is 0 Å². The largest absolute Gasteiger partial charge is 0.497 e. The third kappa shape index (κ3) is 4.60. The van der Waals surface area contributed by atoms with Crippen LogP contribution in [0.4, 0.5) is 0 Å². The van der Waals surface area contributed by atoms with Gasteiger partial charge in [0.2, 0.25) is 5.76 Å². The van der Waals surface area contributed by atoms with Gasteiger partial charge in [0.05, 0.1) is 37.3 Å². The SMILES string of the molecule is CCOc1ccc(C2c3c(oc4ccc(C)cc4c3=O)C(=O)N2CCc2ccc(OC)cc2)cc1OCC. The zero-order chi connectivity index (χ0) is 26.8. The molecular formula is C31H31NO6. The van der Waals surface area contributed by atoms with Crippen LogP contribution in [0, 0.1) is 6.92 Å². The number of hydrogen-bond donors (Lipinski definition) is 0. The second-order valence-corrected chi connectivity index (χ2v) is 9.24. The molecule has 7 heteroatoms. The van der Waals surface area contributed by atoms with E-state index in [9.17, 15) is 9.59 Å². The van der Waals surface area contributed by atoms with Crippen LogP contribution in [-0.4, -0.2) is 37.7 Å². The van der Waals surface area contributed by atoms with Crippen molar-refractivity contribution in [1.82, 2.24) is 4.90 Å². The molecule has 2 heterocycles. The van der Waals surface area contributed by atoms with Gasteiger partial charge in [0.15, 0.2) is 16.9 Å². The smallest absolute Gasteiger partial charge is 0.290 e. The first kappa shape index (κ1) is 25.4. The fourth-order valence-corrected chi connectivity index (χ4v) is 4.99. The van der Waals surface area contributed by atoms with Crippen molar-refractivity contribution in [3.05, 3.63) is 98.9 Å².